The topological polar surface area (TPSA) is 73.6 Å². The van der Waals surface area contributed by atoms with Crippen molar-refractivity contribution >= 4 is 17.3 Å². The molecule has 1 heterocycles. The predicted molar refractivity (Wildman–Crippen MR) is 71.4 cm³/mol. The lowest BCUT2D eigenvalue weighted by atomic mass is 9.95. The number of nitro groups is 1. The van der Waals surface area contributed by atoms with Gasteiger partial charge in [-0.3, -0.25) is 10.1 Å². The SMILES string of the molecule is COc1cc(Cl)c([N+](=O)[O-])c(C2CCNC2)c1OC. The highest BCUT2D eigenvalue weighted by Gasteiger charge is 2.33. The molecule has 0 radical (unpaired) electrons. The van der Waals surface area contributed by atoms with Gasteiger partial charge in [-0.05, 0) is 13.0 Å². The van der Waals surface area contributed by atoms with E-state index in [0.29, 0.717) is 23.6 Å². The first-order chi connectivity index (χ1) is 9.10. The maximum atomic E-state index is 11.3. The monoisotopic (exact) mass is 286 g/mol. The van der Waals surface area contributed by atoms with Crippen molar-refractivity contribution in [2.24, 2.45) is 0 Å². The molecule has 1 aliphatic heterocycles. The third kappa shape index (κ3) is 2.46. The summed E-state index contributed by atoms with van der Waals surface area (Å²) in [5.41, 5.74) is 0.426. The number of ether oxygens (including phenoxy) is 2. The average Bonchev–Trinajstić information content (AvgIpc) is 2.90. The van der Waals surface area contributed by atoms with E-state index in [9.17, 15) is 10.1 Å². The number of nitrogens with zero attached hydrogens (tertiary/aromatic N) is 1. The molecule has 0 aromatic heterocycles. The zero-order chi connectivity index (χ0) is 14.0. The molecule has 1 aromatic carbocycles. The standard InChI is InChI=1S/C12H15ClN2O4/c1-18-9-5-8(13)11(15(16)17)10(12(9)19-2)7-3-4-14-6-7/h5,7,14H,3-4,6H2,1-2H3. The quantitative estimate of drug-likeness (QED) is 0.679. The second-order valence-corrected chi connectivity index (χ2v) is 4.71. The van der Waals surface area contributed by atoms with Crippen molar-refractivity contribution in [3.05, 3.63) is 26.8 Å². The Kier molecular flexibility index (Phi) is 4.11. The molecule has 0 aliphatic carbocycles. The van der Waals surface area contributed by atoms with Gasteiger partial charge in [0, 0.05) is 18.5 Å². The van der Waals surface area contributed by atoms with Crippen molar-refractivity contribution in [1.29, 1.82) is 0 Å². The Morgan fingerprint density at radius 2 is 2.21 bits per heavy atom. The van der Waals surface area contributed by atoms with Gasteiger partial charge in [0.25, 0.3) is 5.69 Å². The molecule has 19 heavy (non-hydrogen) atoms. The van der Waals surface area contributed by atoms with Crippen molar-refractivity contribution < 1.29 is 14.4 Å². The molecule has 0 bridgehead atoms. The second-order valence-electron chi connectivity index (χ2n) is 4.30. The molecule has 7 heteroatoms. The van der Waals surface area contributed by atoms with Crippen LogP contribution in [-0.2, 0) is 0 Å². The Labute approximate surface area is 115 Å². The van der Waals surface area contributed by atoms with E-state index in [0.717, 1.165) is 13.0 Å². The van der Waals surface area contributed by atoms with Gasteiger partial charge in [0.2, 0.25) is 0 Å². The van der Waals surface area contributed by atoms with Gasteiger partial charge in [-0.2, -0.15) is 0 Å². The molecule has 0 saturated carbocycles. The highest BCUT2D eigenvalue weighted by Crippen LogP contribution is 2.47. The molecule has 1 saturated heterocycles. The van der Waals surface area contributed by atoms with E-state index < -0.39 is 4.92 Å². The molecular weight excluding hydrogens is 272 g/mol. The van der Waals surface area contributed by atoms with Crippen molar-refractivity contribution in [1.82, 2.24) is 5.32 Å². The highest BCUT2D eigenvalue weighted by molar-refractivity contribution is 6.33. The summed E-state index contributed by atoms with van der Waals surface area (Å²) in [6, 6.07) is 1.42. The van der Waals surface area contributed by atoms with Crippen molar-refractivity contribution in [3.8, 4) is 11.5 Å². The summed E-state index contributed by atoms with van der Waals surface area (Å²) in [5.74, 6) is 0.815. The highest BCUT2D eigenvalue weighted by atomic mass is 35.5. The van der Waals surface area contributed by atoms with E-state index in [2.05, 4.69) is 5.32 Å². The fraction of sp³-hybridized carbons (Fsp3) is 0.500. The van der Waals surface area contributed by atoms with Gasteiger partial charge in [-0.15, -0.1) is 0 Å². The number of nitro benzene ring substituents is 1. The number of methoxy groups -OCH3 is 2. The Hall–Kier alpha value is -1.53. The third-order valence-electron chi connectivity index (χ3n) is 3.28. The summed E-state index contributed by atoms with van der Waals surface area (Å²) in [6.07, 6.45) is 0.806. The van der Waals surface area contributed by atoms with Gasteiger partial charge in [-0.1, -0.05) is 11.6 Å². The van der Waals surface area contributed by atoms with Gasteiger partial charge in [-0.25, -0.2) is 0 Å². The van der Waals surface area contributed by atoms with Crippen molar-refractivity contribution in [3.63, 3.8) is 0 Å². The summed E-state index contributed by atoms with van der Waals surface area (Å²) in [6.45, 7) is 1.49. The fourth-order valence-electron chi connectivity index (χ4n) is 2.45. The number of hydrogen-bond donors (Lipinski definition) is 1. The number of benzene rings is 1. The van der Waals surface area contributed by atoms with E-state index in [1.807, 2.05) is 0 Å². The van der Waals surface area contributed by atoms with Gasteiger partial charge >= 0.3 is 0 Å². The largest absolute Gasteiger partial charge is 0.493 e. The third-order valence-corrected chi connectivity index (χ3v) is 3.57. The van der Waals surface area contributed by atoms with E-state index in [1.165, 1.54) is 20.3 Å². The lowest BCUT2D eigenvalue weighted by Crippen LogP contribution is -2.11. The van der Waals surface area contributed by atoms with Crippen LogP contribution in [0.5, 0.6) is 11.5 Å². The predicted octanol–water partition coefficient (Wildman–Crippen LogP) is 2.34. The van der Waals surface area contributed by atoms with Crippen LogP contribution in [-0.4, -0.2) is 32.2 Å². The number of nitrogens with one attached hydrogen (secondary N) is 1. The first kappa shape index (κ1) is 13.9. The molecule has 1 aliphatic rings. The van der Waals surface area contributed by atoms with Crippen LogP contribution in [0.25, 0.3) is 0 Å². The smallest absolute Gasteiger partial charge is 0.295 e. The summed E-state index contributed by atoms with van der Waals surface area (Å²) >= 11 is 6.02. The second kappa shape index (κ2) is 5.63. The van der Waals surface area contributed by atoms with E-state index in [1.54, 1.807) is 0 Å². The Morgan fingerprint density at radius 3 is 2.68 bits per heavy atom. The molecule has 1 atom stereocenters. The summed E-state index contributed by atoms with van der Waals surface area (Å²) in [7, 11) is 2.96. The molecule has 0 amide bonds. The minimum atomic E-state index is -0.460. The molecule has 2 rings (SSSR count). The lowest BCUT2D eigenvalue weighted by Gasteiger charge is -2.17. The molecule has 0 spiro atoms. The van der Waals surface area contributed by atoms with Crippen LogP contribution >= 0.6 is 11.6 Å². The number of rotatable bonds is 4. The first-order valence-electron chi connectivity index (χ1n) is 5.89. The van der Waals surface area contributed by atoms with E-state index in [-0.39, 0.29) is 16.6 Å². The summed E-state index contributed by atoms with van der Waals surface area (Å²) in [4.78, 5) is 10.8. The van der Waals surface area contributed by atoms with Crippen LogP contribution in [0.2, 0.25) is 5.02 Å². The van der Waals surface area contributed by atoms with Crippen LogP contribution in [0.15, 0.2) is 6.07 Å². The summed E-state index contributed by atoms with van der Waals surface area (Å²) in [5, 5.41) is 14.5. The molecule has 1 N–H and O–H groups in total. The summed E-state index contributed by atoms with van der Waals surface area (Å²) < 4.78 is 10.5. The van der Waals surface area contributed by atoms with Crippen LogP contribution in [0.3, 0.4) is 0 Å². The van der Waals surface area contributed by atoms with Gasteiger partial charge in [0.15, 0.2) is 11.5 Å². The molecule has 6 nitrogen and oxygen atoms in total. The first-order valence-corrected chi connectivity index (χ1v) is 6.27. The molecule has 1 fully saturated rings. The van der Waals surface area contributed by atoms with Crippen LogP contribution in [0.1, 0.15) is 17.9 Å². The minimum Gasteiger partial charge on any atom is -0.493 e. The number of hydrogen-bond acceptors (Lipinski definition) is 5. The van der Waals surface area contributed by atoms with Crippen LogP contribution in [0, 0.1) is 10.1 Å². The van der Waals surface area contributed by atoms with Crippen molar-refractivity contribution in [2.45, 2.75) is 12.3 Å². The Bertz CT molecular complexity index is 501. The van der Waals surface area contributed by atoms with E-state index >= 15 is 0 Å². The van der Waals surface area contributed by atoms with Gasteiger partial charge in [0.05, 0.1) is 24.7 Å². The van der Waals surface area contributed by atoms with Crippen LogP contribution in [0.4, 0.5) is 5.69 Å². The normalized spacial score (nSPS) is 18.4. The Morgan fingerprint density at radius 1 is 1.47 bits per heavy atom. The Balaban J connectivity index is 2.68. The van der Waals surface area contributed by atoms with Crippen LogP contribution < -0.4 is 14.8 Å². The van der Waals surface area contributed by atoms with Gasteiger partial charge < -0.3 is 14.8 Å². The van der Waals surface area contributed by atoms with Gasteiger partial charge in [0.1, 0.15) is 5.02 Å². The average molecular weight is 287 g/mol. The lowest BCUT2D eigenvalue weighted by molar-refractivity contribution is -0.385. The number of halogens is 1. The fourth-order valence-corrected chi connectivity index (χ4v) is 2.72. The minimum absolute atomic E-state index is 0.00273. The molecular formula is C12H15ClN2O4. The molecule has 1 aromatic rings. The zero-order valence-electron chi connectivity index (χ0n) is 10.7. The maximum Gasteiger partial charge on any atom is 0.295 e. The van der Waals surface area contributed by atoms with Crippen molar-refractivity contribution in [2.75, 3.05) is 27.3 Å². The molecule has 1 unspecified atom stereocenters. The maximum absolute atomic E-state index is 11.3. The molecule has 104 valence electrons. The van der Waals surface area contributed by atoms with E-state index in [4.69, 9.17) is 21.1 Å². The zero-order valence-corrected chi connectivity index (χ0v) is 11.5.